The van der Waals surface area contributed by atoms with Crippen molar-refractivity contribution < 1.29 is 19.3 Å². The second-order valence-corrected chi connectivity index (χ2v) is 8.59. The second-order valence-electron chi connectivity index (χ2n) is 6.58. The van der Waals surface area contributed by atoms with Crippen LogP contribution < -0.4 is 14.8 Å². The summed E-state index contributed by atoms with van der Waals surface area (Å²) in [6.45, 7) is 2.54. The van der Waals surface area contributed by atoms with E-state index in [4.69, 9.17) is 32.7 Å². The lowest BCUT2D eigenvalue weighted by Gasteiger charge is -2.16. The average molecular weight is 604 g/mol. The van der Waals surface area contributed by atoms with Gasteiger partial charge in [-0.1, -0.05) is 23.2 Å². The fourth-order valence-electron chi connectivity index (χ4n) is 2.87. The fourth-order valence-corrected chi connectivity index (χ4v) is 4.13. The molecule has 0 amide bonds. The van der Waals surface area contributed by atoms with E-state index in [0.29, 0.717) is 38.2 Å². The lowest BCUT2D eigenvalue weighted by molar-refractivity contribution is -0.394. The Balaban J connectivity index is 1.91. The number of anilines is 1. The maximum absolute atomic E-state index is 11.4. The Hall–Kier alpha value is -2.83. The summed E-state index contributed by atoms with van der Waals surface area (Å²) in [6, 6.07) is 11.9. The van der Waals surface area contributed by atoms with Crippen LogP contribution in [0.5, 0.6) is 17.2 Å². The van der Waals surface area contributed by atoms with Crippen molar-refractivity contribution in [1.29, 1.82) is 0 Å². The Labute approximate surface area is 212 Å². The Morgan fingerprint density at radius 3 is 2.39 bits per heavy atom. The summed E-state index contributed by atoms with van der Waals surface area (Å²) in [5.41, 5.74) is 0.622. The molecule has 0 spiro atoms. The summed E-state index contributed by atoms with van der Waals surface area (Å²) in [4.78, 5) is 21.0. The molecule has 33 heavy (non-hydrogen) atoms. The highest BCUT2D eigenvalue weighted by molar-refractivity contribution is 14.1. The molecule has 0 atom stereocenters. The number of nitro groups is 2. The number of hydrogen-bond acceptors (Lipinski definition) is 7. The van der Waals surface area contributed by atoms with Gasteiger partial charge in [0.1, 0.15) is 0 Å². The van der Waals surface area contributed by atoms with Crippen molar-refractivity contribution in [2.75, 3.05) is 11.9 Å². The third-order valence-electron chi connectivity index (χ3n) is 4.35. The van der Waals surface area contributed by atoms with Gasteiger partial charge in [0.15, 0.2) is 11.5 Å². The van der Waals surface area contributed by atoms with Crippen molar-refractivity contribution in [3.8, 4) is 17.2 Å². The van der Waals surface area contributed by atoms with E-state index in [2.05, 4.69) is 5.32 Å². The second kappa shape index (κ2) is 10.9. The maximum atomic E-state index is 11.4. The first-order chi connectivity index (χ1) is 15.7. The van der Waals surface area contributed by atoms with Gasteiger partial charge in [-0.25, -0.2) is 0 Å². The van der Waals surface area contributed by atoms with Gasteiger partial charge in [-0.05, 0) is 71.5 Å². The monoisotopic (exact) mass is 603 g/mol. The Morgan fingerprint density at radius 1 is 1.00 bits per heavy atom. The van der Waals surface area contributed by atoms with E-state index < -0.39 is 21.2 Å². The summed E-state index contributed by atoms with van der Waals surface area (Å²) < 4.78 is 12.2. The van der Waals surface area contributed by atoms with Gasteiger partial charge < -0.3 is 14.8 Å². The number of benzene rings is 3. The van der Waals surface area contributed by atoms with Crippen LogP contribution in [0.15, 0.2) is 48.5 Å². The van der Waals surface area contributed by atoms with Crippen molar-refractivity contribution in [3.63, 3.8) is 0 Å². The molecule has 0 bridgehead atoms. The Morgan fingerprint density at radius 2 is 1.76 bits per heavy atom. The number of nitrogens with zero attached hydrogens (tertiary/aromatic N) is 2. The number of ether oxygens (including phenoxy) is 2. The molecule has 3 aromatic rings. The SMILES string of the molecule is CCOc1cc(CNc2ccc(Cl)cc2Cl)cc(I)c1Oc1ccc([N+](=O)[O-])cc1[N+](=O)[O-]. The third kappa shape index (κ3) is 6.15. The first kappa shape index (κ1) is 24.8. The Bertz CT molecular complexity index is 1220. The number of halogens is 3. The number of rotatable bonds is 9. The molecule has 3 aromatic carbocycles. The number of hydrogen-bond donors (Lipinski definition) is 1. The lowest BCUT2D eigenvalue weighted by atomic mass is 10.2. The predicted octanol–water partition coefficient (Wildman–Crippen LogP) is 7.22. The van der Waals surface area contributed by atoms with Crippen LogP contribution in [0.3, 0.4) is 0 Å². The molecule has 0 aromatic heterocycles. The van der Waals surface area contributed by atoms with E-state index in [0.717, 1.165) is 17.7 Å². The molecule has 1 N–H and O–H groups in total. The minimum Gasteiger partial charge on any atom is -0.490 e. The topological polar surface area (TPSA) is 117 Å². The van der Waals surface area contributed by atoms with E-state index >= 15 is 0 Å². The van der Waals surface area contributed by atoms with E-state index in [1.165, 1.54) is 6.07 Å². The normalized spacial score (nSPS) is 10.5. The highest BCUT2D eigenvalue weighted by atomic mass is 127. The van der Waals surface area contributed by atoms with E-state index in [9.17, 15) is 20.2 Å². The Kier molecular flexibility index (Phi) is 8.16. The van der Waals surface area contributed by atoms with Gasteiger partial charge in [0.05, 0.1) is 36.8 Å². The van der Waals surface area contributed by atoms with Crippen molar-refractivity contribution in [2.45, 2.75) is 13.5 Å². The number of nitro benzene ring substituents is 2. The molecule has 0 radical (unpaired) electrons. The zero-order valence-corrected chi connectivity index (χ0v) is 20.7. The molecule has 0 aliphatic heterocycles. The summed E-state index contributed by atoms with van der Waals surface area (Å²) in [7, 11) is 0. The van der Waals surface area contributed by atoms with Crippen molar-refractivity contribution in [3.05, 3.63) is 87.9 Å². The molecule has 12 heteroatoms. The van der Waals surface area contributed by atoms with Crippen LogP contribution in [-0.2, 0) is 6.54 Å². The molecule has 3 rings (SSSR count). The molecule has 0 aliphatic carbocycles. The van der Waals surface area contributed by atoms with Gasteiger partial charge in [-0.3, -0.25) is 20.2 Å². The highest BCUT2D eigenvalue weighted by Crippen LogP contribution is 2.41. The molecule has 0 aliphatic rings. The maximum Gasteiger partial charge on any atom is 0.318 e. The predicted molar refractivity (Wildman–Crippen MR) is 134 cm³/mol. The highest BCUT2D eigenvalue weighted by Gasteiger charge is 2.23. The van der Waals surface area contributed by atoms with Gasteiger partial charge in [0.2, 0.25) is 5.75 Å². The van der Waals surface area contributed by atoms with Crippen LogP contribution >= 0.6 is 45.8 Å². The summed E-state index contributed by atoms with van der Waals surface area (Å²) in [5, 5.41) is 26.7. The number of nitrogens with one attached hydrogen (secondary N) is 1. The van der Waals surface area contributed by atoms with Gasteiger partial charge in [0.25, 0.3) is 5.69 Å². The minimum absolute atomic E-state index is 0.136. The zero-order valence-electron chi connectivity index (χ0n) is 17.0. The molecule has 0 unspecified atom stereocenters. The van der Waals surface area contributed by atoms with E-state index in [1.54, 1.807) is 31.2 Å². The smallest absolute Gasteiger partial charge is 0.318 e. The van der Waals surface area contributed by atoms with E-state index in [-0.39, 0.29) is 11.5 Å². The first-order valence-corrected chi connectivity index (χ1v) is 11.3. The van der Waals surface area contributed by atoms with Crippen molar-refractivity contribution in [1.82, 2.24) is 0 Å². The average Bonchev–Trinajstić information content (AvgIpc) is 2.75. The van der Waals surface area contributed by atoms with E-state index in [1.807, 2.05) is 28.7 Å². The first-order valence-electron chi connectivity index (χ1n) is 9.44. The third-order valence-corrected chi connectivity index (χ3v) is 5.69. The van der Waals surface area contributed by atoms with Crippen LogP contribution in [0.25, 0.3) is 0 Å². The standard InChI is InChI=1S/C21H16Cl2IN3O6/c1-2-32-20-8-12(11-25-17-5-3-13(22)9-15(17)23)7-16(24)21(20)33-19-6-4-14(26(28)29)10-18(19)27(30)31/h3-10,25H,2,11H2,1H3. The summed E-state index contributed by atoms with van der Waals surface area (Å²) >= 11 is 14.2. The molecular formula is C21H16Cl2IN3O6. The molecule has 0 saturated carbocycles. The van der Waals surface area contributed by atoms with Crippen LogP contribution in [-0.4, -0.2) is 16.5 Å². The van der Waals surface area contributed by atoms with Gasteiger partial charge in [-0.2, -0.15) is 0 Å². The molecule has 0 heterocycles. The summed E-state index contributed by atoms with van der Waals surface area (Å²) in [5.74, 6) is 0.502. The van der Waals surface area contributed by atoms with Crippen LogP contribution in [0.2, 0.25) is 10.0 Å². The van der Waals surface area contributed by atoms with Crippen LogP contribution in [0, 0.1) is 23.8 Å². The largest absolute Gasteiger partial charge is 0.490 e. The van der Waals surface area contributed by atoms with Crippen LogP contribution in [0.1, 0.15) is 12.5 Å². The zero-order chi connectivity index (χ0) is 24.1. The van der Waals surface area contributed by atoms with Crippen molar-refractivity contribution in [2.24, 2.45) is 0 Å². The molecular weight excluding hydrogens is 588 g/mol. The van der Waals surface area contributed by atoms with Gasteiger partial charge >= 0.3 is 5.69 Å². The summed E-state index contributed by atoms with van der Waals surface area (Å²) in [6.07, 6.45) is 0. The van der Waals surface area contributed by atoms with Crippen LogP contribution in [0.4, 0.5) is 17.1 Å². The molecule has 9 nitrogen and oxygen atoms in total. The molecule has 0 fully saturated rings. The van der Waals surface area contributed by atoms with Gasteiger partial charge in [0, 0.05) is 17.6 Å². The lowest BCUT2D eigenvalue weighted by Crippen LogP contribution is -2.04. The molecule has 0 saturated heterocycles. The van der Waals surface area contributed by atoms with Gasteiger partial charge in [-0.15, -0.1) is 0 Å². The molecule has 172 valence electrons. The number of non-ortho nitro benzene ring substituents is 1. The van der Waals surface area contributed by atoms with Crippen molar-refractivity contribution >= 4 is 62.9 Å². The minimum atomic E-state index is -0.732. The fraction of sp³-hybridized carbons (Fsp3) is 0.143. The quantitative estimate of drug-likeness (QED) is 0.156.